The Morgan fingerprint density at radius 2 is 1.93 bits per heavy atom. The summed E-state index contributed by atoms with van der Waals surface area (Å²) >= 11 is 0. The number of halogens is 1. The van der Waals surface area contributed by atoms with E-state index in [-0.39, 0.29) is 12.4 Å². The van der Waals surface area contributed by atoms with E-state index in [1.54, 1.807) is 18.2 Å². The predicted octanol–water partition coefficient (Wildman–Crippen LogP) is 2.83. The number of aromatic nitrogens is 2. The lowest BCUT2D eigenvalue weighted by Gasteiger charge is -2.20. The Morgan fingerprint density at radius 3 is 2.64 bits per heavy atom. The summed E-state index contributed by atoms with van der Waals surface area (Å²) in [6.45, 7) is 3.53. The lowest BCUT2D eigenvalue weighted by atomic mass is 10.2. The molecule has 1 N–H and O–H groups in total. The summed E-state index contributed by atoms with van der Waals surface area (Å²) < 4.78 is 18.4. The molecule has 28 heavy (non-hydrogen) atoms. The standard InChI is InChI=1S/C20H24FN5O2/c1-15-12-19(24-20(23-15)26-10-4-2-3-5-11-26)28-14-18(27)25-22-13-16-6-8-17(21)9-7-16/h6-9,12-13H,2-5,10-11,14H2,1H3,(H,25,27). The van der Waals surface area contributed by atoms with Gasteiger partial charge in [0.1, 0.15) is 5.82 Å². The molecule has 0 atom stereocenters. The van der Waals surface area contributed by atoms with Gasteiger partial charge >= 0.3 is 0 Å². The van der Waals surface area contributed by atoms with E-state index < -0.39 is 5.91 Å². The van der Waals surface area contributed by atoms with Crippen LogP contribution in [0.3, 0.4) is 0 Å². The van der Waals surface area contributed by atoms with Crippen LogP contribution in [0.25, 0.3) is 0 Å². The molecule has 0 bridgehead atoms. The Bertz CT molecular complexity index is 818. The van der Waals surface area contributed by atoms with Gasteiger partial charge in [-0.15, -0.1) is 0 Å². The van der Waals surface area contributed by atoms with Gasteiger partial charge in [-0.3, -0.25) is 4.79 Å². The molecule has 8 heteroatoms. The Labute approximate surface area is 163 Å². The summed E-state index contributed by atoms with van der Waals surface area (Å²) in [5, 5.41) is 3.83. The third-order valence-corrected chi connectivity index (χ3v) is 4.33. The van der Waals surface area contributed by atoms with Crippen LogP contribution < -0.4 is 15.1 Å². The molecule has 0 aliphatic carbocycles. The van der Waals surface area contributed by atoms with Gasteiger partial charge in [0.2, 0.25) is 11.8 Å². The molecule has 3 rings (SSSR count). The normalized spacial score (nSPS) is 14.7. The van der Waals surface area contributed by atoms with Crippen LogP contribution in [0, 0.1) is 12.7 Å². The number of amides is 1. The lowest BCUT2D eigenvalue weighted by molar-refractivity contribution is -0.123. The first kappa shape index (κ1) is 19.7. The van der Waals surface area contributed by atoms with E-state index in [0.29, 0.717) is 17.4 Å². The molecule has 0 unspecified atom stereocenters. The van der Waals surface area contributed by atoms with E-state index in [1.807, 2.05) is 6.92 Å². The molecule has 1 fully saturated rings. The van der Waals surface area contributed by atoms with Gasteiger partial charge in [-0.25, -0.2) is 14.8 Å². The first-order valence-electron chi connectivity index (χ1n) is 9.41. The van der Waals surface area contributed by atoms with E-state index in [2.05, 4.69) is 25.4 Å². The smallest absolute Gasteiger partial charge is 0.278 e. The zero-order valence-electron chi connectivity index (χ0n) is 15.9. The lowest BCUT2D eigenvalue weighted by Crippen LogP contribution is -2.27. The molecule has 148 valence electrons. The highest BCUT2D eigenvalue weighted by molar-refractivity contribution is 5.82. The molecule has 1 aliphatic rings. The molecule has 2 aromatic rings. The summed E-state index contributed by atoms with van der Waals surface area (Å²) in [5.41, 5.74) is 3.84. The van der Waals surface area contributed by atoms with Crippen LogP contribution >= 0.6 is 0 Å². The minimum absolute atomic E-state index is 0.212. The van der Waals surface area contributed by atoms with Crippen molar-refractivity contribution >= 4 is 18.1 Å². The van der Waals surface area contributed by atoms with Gasteiger partial charge in [-0.1, -0.05) is 25.0 Å². The Kier molecular flexibility index (Phi) is 6.89. The maximum atomic E-state index is 12.9. The number of aryl methyl sites for hydroxylation is 1. The second kappa shape index (κ2) is 9.77. The molecule has 1 aromatic carbocycles. The van der Waals surface area contributed by atoms with Crippen molar-refractivity contribution in [3.8, 4) is 5.88 Å². The number of hydrogen-bond donors (Lipinski definition) is 1. The SMILES string of the molecule is Cc1cc(OCC(=O)NN=Cc2ccc(F)cc2)nc(N2CCCCCC2)n1. The van der Waals surface area contributed by atoms with Crippen LogP contribution in [0.2, 0.25) is 0 Å². The number of rotatable bonds is 6. The molecule has 1 aliphatic heterocycles. The highest BCUT2D eigenvalue weighted by Crippen LogP contribution is 2.19. The number of anilines is 1. The van der Waals surface area contributed by atoms with Crippen LogP contribution in [-0.2, 0) is 4.79 Å². The number of carbonyl (C=O) groups excluding carboxylic acids is 1. The molecular formula is C20H24FN5O2. The molecule has 0 saturated carbocycles. The Balaban J connectivity index is 1.53. The minimum Gasteiger partial charge on any atom is -0.467 e. The number of benzene rings is 1. The fraction of sp³-hybridized carbons (Fsp3) is 0.400. The number of ether oxygens (including phenoxy) is 1. The quantitative estimate of drug-likeness (QED) is 0.611. The number of nitrogens with zero attached hydrogens (tertiary/aromatic N) is 4. The van der Waals surface area contributed by atoms with E-state index in [0.717, 1.165) is 31.6 Å². The van der Waals surface area contributed by atoms with Gasteiger partial charge in [-0.05, 0) is 37.5 Å². The fourth-order valence-electron chi connectivity index (χ4n) is 2.91. The van der Waals surface area contributed by atoms with Gasteiger partial charge in [0.25, 0.3) is 5.91 Å². The molecule has 1 saturated heterocycles. The molecule has 1 amide bonds. The number of nitrogens with one attached hydrogen (secondary N) is 1. The van der Waals surface area contributed by atoms with Crippen LogP contribution in [0.1, 0.15) is 36.9 Å². The van der Waals surface area contributed by atoms with Gasteiger partial charge in [0.05, 0.1) is 6.21 Å². The second-order valence-electron chi connectivity index (χ2n) is 6.68. The van der Waals surface area contributed by atoms with Crippen LogP contribution in [0.5, 0.6) is 5.88 Å². The van der Waals surface area contributed by atoms with Crippen molar-refractivity contribution in [1.29, 1.82) is 0 Å². The molecule has 7 nitrogen and oxygen atoms in total. The highest BCUT2D eigenvalue weighted by atomic mass is 19.1. The van der Waals surface area contributed by atoms with Crippen molar-refractivity contribution in [2.75, 3.05) is 24.6 Å². The number of hydrazone groups is 1. The average Bonchev–Trinajstić information content (AvgIpc) is 2.97. The van der Waals surface area contributed by atoms with Crippen molar-refractivity contribution in [3.63, 3.8) is 0 Å². The summed E-state index contributed by atoms with van der Waals surface area (Å²) in [4.78, 5) is 23.0. The highest BCUT2D eigenvalue weighted by Gasteiger charge is 2.14. The minimum atomic E-state index is -0.411. The van der Waals surface area contributed by atoms with Gasteiger partial charge in [-0.2, -0.15) is 10.1 Å². The van der Waals surface area contributed by atoms with Gasteiger partial charge in [0.15, 0.2) is 6.61 Å². The largest absolute Gasteiger partial charge is 0.467 e. The van der Waals surface area contributed by atoms with E-state index in [9.17, 15) is 9.18 Å². The molecule has 1 aromatic heterocycles. The zero-order chi connectivity index (χ0) is 19.8. The summed E-state index contributed by atoms with van der Waals surface area (Å²) in [6, 6.07) is 7.48. The second-order valence-corrected chi connectivity index (χ2v) is 6.68. The van der Waals surface area contributed by atoms with Crippen molar-refractivity contribution < 1.29 is 13.9 Å². The molecular weight excluding hydrogens is 361 g/mol. The van der Waals surface area contributed by atoms with Gasteiger partial charge < -0.3 is 9.64 Å². The van der Waals surface area contributed by atoms with Crippen LogP contribution in [0.15, 0.2) is 35.4 Å². The van der Waals surface area contributed by atoms with E-state index >= 15 is 0 Å². The summed E-state index contributed by atoms with van der Waals surface area (Å²) in [6.07, 6.45) is 6.14. The topological polar surface area (TPSA) is 79.7 Å². The molecule has 0 radical (unpaired) electrons. The summed E-state index contributed by atoms with van der Waals surface area (Å²) in [5.74, 6) is 0.274. The van der Waals surface area contributed by atoms with E-state index in [1.165, 1.54) is 31.2 Å². The maximum absolute atomic E-state index is 12.9. The number of carbonyl (C=O) groups is 1. The Morgan fingerprint density at radius 1 is 1.21 bits per heavy atom. The van der Waals surface area contributed by atoms with Crippen molar-refractivity contribution in [3.05, 3.63) is 47.4 Å². The first-order chi connectivity index (χ1) is 13.6. The number of hydrogen-bond acceptors (Lipinski definition) is 6. The first-order valence-corrected chi connectivity index (χ1v) is 9.41. The van der Waals surface area contributed by atoms with Gasteiger partial charge in [0, 0.05) is 24.8 Å². The van der Waals surface area contributed by atoms with E-state index in [4.69, 9.17) is 4.74 Å². The third kappa shape index (κ3) is 6.00. The summed E-state index contributed by atoms with van der Waals surface area (Å²) in [7, 11) is 0. The molecule has 0 spiro atoms. The van der Waals surface area contributed by atoms with Crippen molar-refractivity contribution in [2.24, 2.45) is 5.10 Å². The average molecular weight is 385 g/mol. The van der Waals surface area contributed by atoms with Crippen molar-refractivity contribution in [2.45, 2.75) is 32.6 Å². The van der Waals surface area contributed by atoms with Crippen molar-refractivity contribution in [1.82, 2.24) is 15.4 Å². The maximum Gasteiger partial charge on any atom is 0.278 e. The Hall–Kier alpha value is -3.03. The van der Waals surface area contributed by atoms with Crippen LogP contribution in [0.4, 0.5) is 10.3 Å². The predicted molar refractivity (Wildman–Crippen MR) is 105 cm³/mol. The monoisotopic (exact) mass is 385 g/mol. The molecule has 2 heterocycles. The zero-order valence-corrected chi connectivity index (χ0v) is 15.9. The fourth-order valence-corrected chi connectivity index (χ4v) is 2.91. The third-order valence-electron chi connectivity index (χ3n) is 4.33. The van der Waals surface area contributed by atoms with Crippen LogP contribution in [-0.4, -0.2) is 41.8 Å².